The van der Waals surface area contributed by atoms with Crippen molar-refractivity contribution in [2.75, 3.05) is 0 Å². The molecule has 0 saturated heterocycles. The molecule has 4 rings (SSSR count). The molecule has 0 aliphatic rings. The molecular formula is C24H19Cl2N3O. The highest BCUT2D eigenvalue weighted by Gasteiger charge is 2.20. The van der Waals surface area contributed by atoms with Crippen molar-refractivity contribution < 1.29 is 4.74 Å². The molecule has 1 aromatic heterocycles. The Bertz CT molecular complexity index is 1110. The van der Waals surface area contributed by atoms with Crippen molar-refractivity contribution in [2.45, 2.75) is 12.7 Å². The predicted molar refractivity (Wildman–Crippen MR) is 121 cm³/mol. The second kappa shape index (κ2) is 9.72. The number of hydrogen-bond acceptors (Lipinski definition) is 3. The van der Waals surface area contributed by atoms with E-state index in [1.165, 1.54) is 6.33 Å². The van der Waals surface area contributed by atoms with Gasteiger partial charge in [-0.25, -0.2) is 9.67 Å². The van der Waals surface area contributed by atoms with Crippen LogP contribution in [0, 0.1) is 0 Å². The van der Waals surface area contributed by atoms with Crippen LogP contribution in [0.5, 0.6) is 0 Å². The molecule has 150 valence electrons. The predicted octanol–water partition coefficient (Wildman–Crippen LogP) is 6.54. The first kappa shape index (κ1) is 20.4. The minimum atomic E-state index is -0.373. The quantitative estimate of drug-likeness (QED) is 0.330. The van der Waals surface area contributed by atoms with Crippen molar-refractivity contribution in [1.29, 1.82) is 0 Å². The molecule has 0 saturated carbocycles. The molecule has 1 atom stereocenters. The number of hydrogen-bond donors (Lipinski definition) is 0. The molecule has 0 fully saturated rings. The largest absolute Gasteiger partial charge is 0.362 e. The third-order valence-electron chi connectivity index (χ3n) is 4.57. The van der Waals surface area contributed by atoms with Crippen molar-refractivity contribution in [3.05, 3.63) is 118 Å². The SMILES string of the molecule is Clc1ccc(COC(/C(=C\c2ccccc2)n2cncn2)c2ccccc2)cc1Cl. The van der Waals surface area contributed by atoms with Gasteiger partial charge in [-0.3, -0.25) is 0 Å². The summed E-state index contributed by atoms with van der Waals surface area (Å²) < 4.78 is 8.14. The number of benzene rings is 3. The summed E-state index contributed by atoms with van der Waals surface area (Å²) in [5.41, 5.74) is 3.84. The molecule has 30 heavy (non-hydrogen) atoms. The average Bonchev–Trinajstić information content (AvgIpc) is 3.32. The van der Waals surface area contributed by atoms with E-state index in [1.807, 2.05) is 72.8 Å². The Labute approximate surface area is 185 Å². The highest BCUT2D eigenvalue weighted by molar-refractivity contribution is 6.42. The fourth-order valence-electron chi connectivity index (χ4n) is 3.11. The fourth-order valence-corrected chi connectivity index (χ4v) is 3.43. The third kappa shape index (κ3) is 4.97. The standard InChI is InChI=1S/C24H19Cl2N3O/c25-21-12-11-19(13-22(21)26)15-30-24(20-9-5-2-6-10-20)23(29-17-27-16-28-29)14-18-7-3-1-4-8-18/h1-14,16-17,24H,15H2/b23-14+. The van der Waals surface area contributed by atoms with E-state index in [1.54, 1.807) is 17.1 Å². The highest BCUT2D eigenvalue weighted by atomic mass is 35.5. The summed E-state index contributed by atoms with van der Waals surface area (Å²) in [6, 6.07) is 25.6. The van der Waals surface area contributed by atoms with E-state index in [0.717, 1.165) is 22.4 Å². The zero-order valence-electron chi connectivity index (χ0n) is 16.0. The third-order valence-corrected chi connectivity index (χ3v) is 5.31. The smallest absolute Gasteiger partial charge is 0.138 e. The first-order valence-corrected chi connectivity index (χ1v) is 10.2. The maximum atomic E-state index is 6.41. The maximum Gasteiger partial charge on any atom is 0.138 e. The number of aromatic nitrogens is 3. The van der Waals surface area contributed by atoms with E-state index in [2.05, 4.69) is 16.2 Å². The monoisotopic (exact) mass is 435 g/mol. The molecule has 6 heteroatoms. The molecule has 0 aliphatic heterocycles. The van der Waals surface area contributed by atoms with E-state index in [9.17, 15) is 0 Å². The lowest BCUT2D eigenvalue weighted by Crippen LogP contribution is -2.12. The van der Waals surface area contributed by atoms with E-state index >= 15 is 0 Å². The summed E-state index contributed by atoms with van der Waals surface area (Å²) in [7, 11) is 0. The molecule has 3 aromatic carbocycles. The van der Waals surface area contributed by atoms with Crippen molar-refractivity contribution in [3.63, 3.8) is 0 Å². The number of nitrogens with zero attached hydrogens (tertiary/aromatic N) is 3. The molecule has 0 radical (unpaired) electrons. The van der Waals surface area contributed by atoms with Gasteiger partial charge in [0, 0.05) is 0 Å². The molecule has 1 unspecified atom stereocenters. The van der Waals surface area contributed by atoms with Gasteiger partial charge >= 0.3 is 0 Å². The second-order valence-electron chi connectivity index (χ2n) is 6.67. The van der Waals surface area contributed by atoms with E-state index in [-0.39, 0.29) is 6.10 Å². The summed E-state index contributed by atoms with van der Waals surface area (Å²) in [4.78, 5) is 4.12. The molecule has 0 N–H and O–H groups in total. The summed E-state index contributed by atoms with van der Waals surface area (Å²) in [6.07, 6.45) is 4.87. The van der Waals surface area contributed by atoms with Gasteiger partial charge in [-0.2, -0.15) is 5.10 Å². The van der Waals surface area contributed by atoms with Gasteiger partial charge in [0.15, 0.2) is 0 Å². The van der Waals surface area contributed by atoms with Gasteiger partial charge in [0.25, 0.3) is 0 Å². The zero-order chi connectivity index (χ0) is 20.8. The van der Waals surface area contributed by atoms with Crippen molar-refractivity contribution in [3.8, 4) is 0 Å². The molecule has 0 amide bonds. The summed E-state index contributed by atoms with van der Waals surface area (Å²) in [6.45, 7) is 0.358. The van der Waals surface area contributed by atoms with Gasteiger partial charge in [-0.15, -0.1) is 0 Å². The van der Waals surface area contributed by atoms with Gasteiger partial charge in [0.05, 0.1) is 22.3 Å². The van der Waals surface area contributed by atoms with Crippen LogP contribution in [0.15, 0.2) is 91.5 Å². The Morgan fingerprint density at radius 3 is 2.33 bits per heavy atom. The topological polar surface area (TPSA) is 39.9 Å². The van der Waals surface area contributed by atoms with Crippen LogP contribution < -0.4 is 0 Å². The number of halogens is 2. The Morgan fingerprint density at radius 2 is 1.67 bits per heavy atom. The lowest BCUT2D eigenvalue weighted by atomic mass is 10.0. The molecular weight excluding hydrogens is 417 g/mol. The summed E-state index contributed by atoms with van der Waals surface area (Å²) >= 11 is 12.2. The van der Waals surface area contributed by atoms with E-state index in [4.69, 9.17) is 27.9 Å². The van der Waals surface area contributed by atoms with Crippen LogP contribution in [0.3, 0.4) is 0 Å². The van der Waals surface area contributed by atoms with Gasteiger partial charge < -0.3 is 4.74 Å². The second-order valence-corrected chi connectivity index (χ2v) is 7.48. The molecule has 0 bridgehead atoms. The molecule has 0 aliphatic carbocycles. The number of rotatable bonds is 7. The minimum Gasteiger partial charge on any atom is -0.362 e. The van der Waals surface area contributed by atoms with Gasteiger partial charge in [-0.1, -0.05) is 89.9 Å². The van der Waals surface area contributed by atoms with Crippen molar-refractivity contribution in [2.24, 2.45) is 0 Å². The summed E-state index contributed by atoms with van der Waals surface area (Å²) in [5.74, 6) is 0. The van der Waals surface area contributed by atoms with E-state index < -0.39 is 0 Å². The maximum absolute atomic E-state index is 6.41. The van der Waals surface area contributed by atoms with Crippen molar-refractivity contribution in [1.82, 2.24) is 14.8 Å². The van der Waals surface area contributed by atoms with Crippen LogP contribution in [0.2, 0.25) is 10.0 Å². The first-order valence-electron chi connectivity index (χ1n) is 9.43. The number of ether oxygens (including phenoxy) is 1. The summed E-state index contributed by atoms with van der Waals surface area (Å²) in [5, 5.41) is 5.38. The van der Waals surface area contributed by atoms with Gasteiger partial charge in [-0.05, 0) is 34.9 Å². The Hall–Kier alpha value is -2.92. The lowest BCUT2D eigenvalue weighted by Gasteiger charge is -2.22. The lowest BCUT2D eigenvalue weighted by molar-refractivity contribution is 0.0747. The minimum absolute atomic E-state index is 0.358. The van der Waals surface area contributed by atoms with E-state index in [0.29, 0.717) is 16.7 Å². The molecule has 1 heterocycles. The highest BCUT2D eigenvalue weighted by Crippen LogP contribution is 2.32. The normalized spacial score (nSPS) is 12.7. The molecule has 4 nitrogen and oxygen atoms in total. The molecule has 0 spiro atoms. The first-order chi connectivity index (χ1) is 14.7. The van der Waals surface area contributed by atoms with Crippen LogP contribution in [0.1, 0.15) is 22.8 Å². The average molecular weight is 436 g/mol. The fraction of sp³-hybridized carbons (Fsp3) is 0.0833. The Kier molecular flexibility index (Phi) is 6.60. The van der Waals surface area contributed by atoms with Crippen LogP contribution in [-0.4, -0.2) is 14.8 Å². The van der Waals surface area contributed by atoms with Gasteiger partial charge in [0.1, 0.15) is 18.8 Å². The Balaban J connectivity index is 1.72. The molecule has 4 aromatic rings. The van der Waals surface area contributed by atoms with Crippen molar-refractivity contribution >= 4 is 35.0 Å². The van der Waals surface area contributed by atoms with Crippen LogP contribution in [0.25, 0.3) is 11.8 Å². The van der Waals surface area contributed by atoms with Gasteiger partial charge in [0.2, 0.25) is 0 Å². The Morgan fingerprint density at radius 1 is 0.933 bits per heavy atom. The van der Waals surface area contributed by atoms with Crippen LogP contribution in [-0.2, 0) is 11.3 Å². The van der Waals surface area contributed by atoms with Crippen LogP contribution in [0.4, 0.5) is 0 Å². The van der Waals surface area contributed by atoms with Crippen LogP contribution >= 0.6 is 23.2 Å². The zero-order valence-corrected chi connectivity index (χ0v) is 17.5.